The Kier molecular flexibility index (Phi) is 5.63. The number of rotatable bonds is 5. The molecule has 3 nitrogen and oxygen atoms in total. The molecule has 0 aromatic rings. The Morgan fingerprint density at radius 3 is 2.64 bits per heavy atom. The van der Waals surface area contributed by atoms with Gasteiger partial charge in [-0.2, -0.15) is 17.0 Å². The van der Waals surface area contributed by atoms with Crippen molar-refractivity contribution in [2.45, 2.75) is 32.4 Å². The van der Waals surface area contributed by atoms with Crippen LogP contribution in [0.25, 0.3) is 0 Å². The van der Waals surface area contributed by atoms with E-state index in [0.717, 1.165) is 0 Å². The fourth-order valence-electron chi connectivity index (χ4n) is 0.805. The minimum atomic E-state index is -0.877. The van der Waals surface area contributed by atoms with Crippen molar-refractivity contribution in [1.82, 2.24) is 5.32 Å². The molecular formula is C10H18N2OS. The van der Waals surface area contributed by atoms with Crippen LogP contribution in [0, 0.1) is 16.7 Å². The molecule has 0 saturated carbocycles. The molecule has 0 rings (SSSR count). The van der Waals surface area contributed by atoms with Crippen LogP contribution in [0.4, 0.5) is 0 Å². The topological polar surface area (TPSA) is 52.9 Å². The molecule has 2 unspecified atom stereocenters. The third kappa shape index (κ3) is 3.59. The van der Waals surface area contributed by atoms with Gasteiger partial charge in [-0.15, -0.1) is 0 Å². The summed E-state index contributed by atoms with van der Waals surface area (Å²) < 4.78 is 0. The smallest absolute Gasteiger partial charge is 0.240 e. The van der Waals surface area contributed by atoms with Crippen molar-refractivity contribution in [3.63, 3.8) is 0 Å². The van der Waals surface area contributed by atoms with E-state index in [-0.39, 0.29) is 5.91 Å². The summed E-state index contributed by atoms with van der Waals surface area (Å²) in [6.45, 7) is 6.19. The second-order valence-electron chi connectivity index (χ2n) is 3.55. The Labute approximate surface area is 90.3 Å². The Balaban J connectivity index is 4.15. The van der Waals surface area contributed by atoms with Crippen molar-refractivity contribution in [3.05, 3.63) is 0 Å². The summed E-state index contributed by atoms with van der Waals surface area (Å²) in [5.41, 5.74) is -0.877. The molecule has 0 heterocycles. The van der Waals surface area contributed by atoms with Gasteiger partial charge in [0, 0.05) is 11.8 Å². The van der Waals surface area contributed by atoms with E-state index in [1.165, 1.54) is 0 Å². The normalized spacial score (nSPS) is 16.5. The van der Waals surface area contributed by atoms with Crippen LogP contribution >= 0.6 is 11.8 Å². The number of amides is 1. The molecule has 80 valence electrons. The Morgan fingerprint density at radius 2 is 2.29 bits per heavy atom. The van der Waals surface area contributed by atoms with Crippen molar-refractivity contribution < 1.29 is 4.79 Å². The Hall–Kier alpha value is -0.690. The van der Waals surface area contributed by atoms with Crippen molar-refractivity contribution >= 4 is 17.7 Å². The lowest BCUT2D eigenvalue weighted by Crippen LogP contribution is -2.40. The average molecular weight is 214 g/mol. The molecule has 0 aliphatic heterocycles. The molecule has 1 N–H and O–H groups in total. The van der Waals surface area contributed by atoms with E-state index in [1.54, 1.807) is 18.7 Å². The summed E-state index contributed by atoms with van der Waals surface area (Å²) in [5, 5.41) is 12.0. The lowest BCUT2D eigenvalue weighted by molar-refractivity contribution is -0.127. The van der Waals surface area contributed by atoms with E-state index in [4.69, 9.17) is 5.26 Å². The standard InChI is InChI=1S/C10H18N2OS/c1-5-10(3,7-11)9(13)12-6-8(2)14-4/h8H,5-6H2,1-4H3,(H,12,13). The average Bonchev–Trinajstić information content (AvgIpc) is 2.23. The SMILES string of the molecule is CCC(C)(C#N)C(=O)NCC(C)SC. The molecule has 2 atom stereocenters. The highest BCUT2D eigenvalue weighted by Crippen LogP contribution is 2.19. The van der Waals surface area contributed by atoms with Crippen LogP contribution in [0.5, 0.6) is 0 Å². The first kappa shape index (κ1) is 13.3. The van der Waals surface area contributed by atoms with Gasteiger partial charge in [-0.25, -0.2) is 0 Å². The van der Waals surface area contributed by atoms with Crippen molar-refractivity contribution in [2.75, 3.05) is 12.8 Å². The van der Waals surface area contributed by atoms with Crippen LogP contribution in [0.1, 0.15) is 27.2 Å². The zero-order valence-corrected chi connectivity index (χ0v) is 10.1. The molecule has 0 aromatic carbocycles. The lowest BCUT2D eigenvalue weighted by Gasteiger charge is -2.19. The fraction of sp³-hybridized carbons (Fsp3) is 0.800. The molecule has 0 saturated heterocycles. The lowest BCUT2D eigenvalue weighted by atomic mass is 9.88. The van der Waals surface area contributed by atoms with Crippen LogP contribution < -0.4 is 5.32 Å². The highest BCUT2D eigenvalue weighted by Gasteiger charge is 2.30. The van der Waals surface area contributed by atoms with E-state index in [1.807, 2.05) is 20.1 Å². The first-order valence-corrected chi connectivity index (χ1v) is 6.01. The van der Waals surface area contributed by atoms with Gasteiger partial charge >= 0.3 is 0 Å². The summed E-state index contributed by atoms with van der Waals surface area (Å²) in [6, 6.07) is 2.05. The van der Waals surface area contributed by atoms with Gasteiger partial charge < -0.3 is 5.32 Å². The molecule has 14 heavy (non-hydrogen) atoms. The second kappa shape index (κ2) is 5.92. The summed E-state index contributed by atoms with van der Waals surface area (Å²) in [4.78, 5) is 11.6. The molecular weight excluding hydrogens is 196 g/mol. The van der Waals surface area contributed by atoms with Gasteiger partial charge in [0.25, 0.3) is 0 Å². The molecule has 0 bridgehead atoms. The molecule has 0 aliphatic rings. The quantitative estimate of drug-likeness (QED) is 0.759. The van der Waals surface area contributed by atoms with Crippen molar-refractivity contribution in [1.29, 1.82) is 5.26 Å². The second-order valence-corrected chi connectivity index (χ2v) is 4.83. The number of carbonyl (C=O) groups excluding carboxylic acids is 1. The highest BCUT2D eigenvalue weighted by molar-refractivity contribution is 7.99. The molecule has 0 spiro atoms. The van der Waals surface area contributed by atoms with Gasteiger partial charge in [-0.05, 0) is 19.6 Å². The highest BCUT2D eigenvalue weighted by atomic mass is 32.2. The van der Waals surface area contributed by atoms with E-state index in [9.17, 15) is 4.79 Å². The van der Waals surface area contributed by atoms with Crippen LogP contribution in [-0.2, 0) is 4.79 Å². The molecule has 4 heteroatoms. The first-order valence-electron chi connectivity index (χ1n) is 4.72. The maximum absolute atomic E-state index is 11.6. The maximum atomic E-state index is 11.6. The zero-order valence-electron chi connectivity index (χ0n) is 9.26. The molecule has 0 radical (unpaired) electrons. The van der Waals surface area contributed by atoms with Gasteiger partial charge in [0.2, 0.25) is 5.91 Å². The summed E-state index contributed by atoms with van der Waals surface area (Å²) in [5.74, 6) is -0.164. The third-order valence-electron chi connectivity index (χ3n) is 2.41. The van der Waals surface area contributed by atoms with Crippen LogP contribution in [0.15, 0.2) is 0 Å². The van der Waals surface area contributed by atoms with Crippen molar-refractivity contribution in [3.8, 4) is 6.07 Å². The molecule has 0 aromatic heterocycles. The van der Waals surface area contributed by atoms with Gasteiger partial charge in [0.15, 0.2) is 0 Å². The molecule has 0 fully saturated rings. The van der Waals surface area contributed by atoms with Gasteiger partial charge in [0.05, 0.1) is 6.07 Å². The van der Waals surface area contributed by atoms with E-state index in [0.29, 0.717) is 18.2 Å². The number of nitrogens with zero attached hydrogens (tertiary/aromatic N) is 1. The Morgan fingerprint density at radius 1 is 1.71 bits per heavy atom. The number of nitrogens with one attached hydrogen (secondary N) is 1. The largest absolute Gasteiger partial charge is 0.354 e. The number of thioether (sulfide) groups is 1. The van der Waals surface area contributed by atoms with Crippen LogP contribution in [0.2, 0.25) is 0 Å². The first-order chi connectivity index (χ1) is 6.50. The number of carbonyl (C=O) groups is 1. The zero-order chi connectivity index (χ0) is 11.2. The third-order valence-corrected chi connectivity index (χ3v) is 3.38. The van der Waals surface area contributed by atoms with Crippen LogP contribution in [-0.4, -0.2) is 24.0 Å². The van der Waals surface area contributed by atoms with Crippen LogP contribution in [0.3, 0.4) is 0 Å². The number of hydrogen-bond acceptors (Lipinski definition) is 3. The van der Waals surface area contributed by atoms with E-state index in [2.05, 4.69) is 11.4 Å². The summed E-state index contributed by atoms with van der Waals surface area (Å²) in [7, 11) is 0. The fourth-order valence-corrected chi connectivity index (χ4v) is 1.06. The predicted molar refractivity (Wildman–Crippen MR) is 60.0 cm³/mol. The van der Waals surface area contributed by atoms with E-state index < -0.39 is 5.41 Å². The summed E-state index contributed by atoms with van der Waals surface area (Å²) >= 11 is 1.69. The minimum Gasteiger partial charge on any atom is -0.354 e. The van der Waals surface area contributed by atoms with Gasteiger partial charge in [-0.1, -0.05) is 13.8 Å². The maximum Gasteiger partial charge on any atom is 0.240 e. The van der Waals surface area contributed by atoms with Gasteiger partial charge in [-0.3, -0.25) is 4.79 Å². The number of nitriles is 1. The van der Waals surface area contributed by atoms with E-state index >= 15 is 0 Å². The predicted octanol–water partition coefficient (Wildman–Crippen LogP) is 1.79. The number of hydrogen-bond donors (Lipinski definition) is 1. The molecule has 1 amide bonds. The molecule has 0 aliphatic carbocycles. The minimum absolute atomic E-state index is 0.164. The monoisotopic (exact) mass is 214 g/mol. The Bertz CT molecular complexity index is 237. The summed E-state index contributed by atoms with van der Waals surface area (Å²) in [6.07, 6.45) is 2.54. The van der Waals surface area contributed by atoms with Crippen molar-refractivity contribution in [2.24, 2.45) is 5.41 Å². The van der Waals surface area contributed by atoms with Gasteiger partial charge in [0.1, 0.15) is 5.41 Å².